The summed E-state index contributed by atoms with van der Waals surface area (Å²) in [5.41, 5.74) is 3.71. The van der Waals surface area contributed by atoms with E-state index in [1.54, 1.807) is 0 Å². The van der Waals surface area contributed by atoms with Crippen molar-refractivity contribution in [3.63, 3.8) is 0 Å². The average Bonchev–Trinajstić information content (AvgIpc) is 2.43. The molecule has 0 bridgehead atoms. The minimum absolute atomic E-state index is 0.0452. The number of ether oxygens (including phenoxy) is 1. The minimum atomic E-state index is -0.218. The standard InChI is InChI=1S/C14H16N2O2/c1-8-7-12-13(14(17)18-8)9(2)15-10-5-3-4-6-11(10)16-12/h3-6,8-9,15-16H,7H2,1-2H3/t8-,9-/m1/s1. The topological polar surface area (TPSA) is 50.4 Å². The molecule has 2 aliphatic rings. The van der Waals surface area contributed by atoms with Gasteiger partial charge in [0.25, 0.3) is 0 Å². The van der Waals surface area contributed by atoms with Crippen molar-refractivity contribution >= 4 is 17.3 Å². The quantitative estimate of drug-likeness (QED) is 0.688. The second-order valence-electron chi connectivity index (χ2n) is 4.85. The molecule has 0 saturated heterocycles. The molecule has 2 heterocycles. The van der Waals surface area contributed by atoms with Gasteiger partial charge in [0.2, 0.25) is 0 Å². The van der Waals surface area contributed by atoms with E-state index >= 15 is 0 Å². The van der Waals surface area contributed by atoms with Crippen LogP contribution in [0.2, 0.25) is 0 Å². The van der Waals surface area contributed by atoms with Crippen LogP contribution in [0.25, 0.3) is 0 Å². The maximum absolute atomic E-state index is 12.0. The van der Waals surface area contributed by atoms with Gasteiger partial charge in [0.1, 0.15) is 6.10 Å². The van der Waals surface area contributed by atoms with Crippen LogP contribution < -0.4 is 10.6 Å². The number of rotatable bonds is 0. The van der Waals surface area contributed by atoms with Crippen LogP contribution in [0.1, 0.15) is 20.3 Å². The Balaban J connectivity index is 2.06. The van der Waals surface area contributed by atoms with Crippen molar-refractivity contribution in [1.29, 1.82) is 0 Å². The highest BCUT2D eigenvalue weighted by Gasteiger charge is 2.32. The summed E-state index contributed by atoms with van der Waals surface area (Å²) in [5, 5.41) is 6.71. The second-order valence-corrected chi connectivity index (χ2v) is 4.85. The second kappa shape index (κ2) is 4.05. The molecule has 0 aliphatic carbocycles. The first-order valence-electron chi connectivity index (χ1n) is 6.22. The number of anilines is 2. The van der Waals surface area contributed by atoms with Crippen LogP contribution in [-0.2, 0) is 9.53 Å². The molecule has 2 N–H and O–H groups in total. The van der Waals surface area contributed by atoms with Crippen LogP contribution in [-0.4, -0.2) is 18.1 Å². The van der Waals surface area contributed by atoms with E-state index in [0.717, 1.165) is 23.5 Å². The third-order valence-corrected chi connectivity index (χ3v) is 3.36. The Morgan fingerprint density at radius 1 is 1.22 bits per heavy atom. The van der Waals surface area contributed by atoms with Crippen LogP contribution in [0.4, 0.5) is 11.4 Å². The van der Waals surface area contributed by atoms with Crippen LogP contribution in [0, 0.1) is 0 Å². The molecular weight excluding hydrogens is 228 g/mol. The van der Waals surface area contributed by atoms with E-state index in [4.69, 9.17) is 4.74 Å². The lowest BCUT2D eigenvalue weighted by atomic mass is 10.0. The van der Waals surface area contributed by atoms with Crippen LogP contribution >= 0.6 is 0 Å². The van der Waals surface area contributed by atoms with Gasteiger partial charge in [-0.3, -0.25) is 0 Å². The lowest BCUT2D eigenvalue weighted by Crippen LogP contribution is -2.33. The largest absolute Gasteiger partial charge is 0.459 e. The van der Waals surface area contributed by atoms with Crippen molar-refractivity contribution in [3.05, 3.63) is 35.5 Å². The van der Waals surface area contributed by atoms with Gasteiger partial charge in [-0.25, -0.2) is 4.79 Å². The van der Waals surface area contributed by atoms with E-state index in [1.165, 1.54) is 0 Å². The summed E-state index contributed by atoms with van der Waals surface area (Å²) < 4.78 is 5.30. The molecule has 1 aromatic carbocycles. The summed E-state index contributed by atoms with van der Waals surface area (Å²) in [6, 6.07) is 7.93. The maximum atomic E-state index is 12.0. The van der Waals surface area contributed by atoms with Gasteiger partial charge in [-0.2, -0.15) is 0 Å². The van der Waals surface area contributed by atoms with Crippen molar-refractivity contribution in [3.8, 4) is 0 Å². The molecule has 0 unspecified atom stereocenters. The molecule has 0 spiro atoms. The molecule has 3 rings (SSSR count). The molecule has 0 amide bonds. The highest BCUT2D eigenvalue weighted by molar-refractivity contribution is 5.94. The Kier molecular flexibility index (Phi) is 2.51. The first-order valence-corrected chi connectivity index (χ1v) is 6.22. The molecular formula is C14H16N2O2. The van der Waals surface area contributed by atoms with Gasteiger partial charge in [-0.05, 0) is 26.0 Å². The summed E-state index contributed by atoms with van der Waals surface area (Å²) in [4.78, 5) is 12.0. The summed E-state index contributed by atoms with van der Waals surface area (Å²) in [5.74, 6) is -0.218. The molecule has 2 aliphatic heterocycles. The molecule has 4 heteroatoms. The van der Waals surface area contributed by atoms with Crippen LogP contribution in [0.5, 0.6) is 0 Å². The number of benzene rings is 1. The van der Waals surface area contributed by atoms with Gasteiger partial charge in [-0.15, -0.1) is 0 Å². The van der Waals surface area contributed by atoms with Gasteiger partial charge < -0.3 is 15.4 Å². The molecule has 1 aromatic rings. The number of hydrogen-bond acceptors (Lipinski definition) is 4. The zero-order valence-corrected chi connectivity index (χ0v) is 10.5. The molecule has 0 aromatic heterocycles. The zero-order chi connectivity index (χ0) is 12.7. The summed E-state index contributed by atoms with van der Waals surface area (Å²) in [7, 11) is 0. The summed E-state index contributed by atoms with van der Waals surface area (Å²) in [6.45, 7) is 3.90. The molecule has 0 fully saturated rings. The SMILES string of the molecule is C[C@@H]1CC2=C(C(=O)O1)[C@@H](C)Nc1ccccc1N2. The lowest BCUT2D eigenvalue weighted by molar-refractivity contribution is -0.145. The Bertz CT molecular complexity index is 536. The van der Waals surface area contributed by atoms with E-state index < -0.39 is 0 Å². The average molecular weight is 244 g/mol. The number of hydrogen-bond donors (Lipinski definition) is 2. The number of carbonyl (C=O) groups excluding carboxylic acids is 1. The minimum Gasteiger partial charge on any atom is -0.459 e. The normalized spacial score (nSPS) is 26.2. The fourth-order valence-electron chi connectivity index (χ4n) is 2.55. The predicted octanol–water partition coefficient (Wildman–Crippen LogP) is 2.50. The highest BCUT2D eigenvalue weighted by Crippen LogP contribution is 2.33. The van der Waals surface area contributed by atoms with E-state index in [9.17, 15) is 4.79 Å². The van der Waals surface area contributed by atoms with Gasteiger partial charge >= 0.3 is 5.97 Å². The number of esters is 1. The number of para-hydroxylation sites is 2. The number of fused-ring (bicyclic) bond motifs is 1. The molecule has 4 nitrogen and oxygen atoms in total. The third kappa shape index (κ3) is 1.74. The molecule has 18 heavy (non-hydrogen) atoms. The van der Waals surface area contributed by atoms with E-state index in [0.29, 0.717) is 5.57 Å². The van der Waals surface area contributed by atoms with E-state index in [-0.39, 0.29) is 18.1 Å². The van der Waals surface area contributed by atoms with Crippen molar-refractivity contribution in [2.24, 2.45) is 0 Å². The maximum Gasteiger partial charge on any atom is 0.338 e. The molecule has 94 valence electrons. The number of carbonyl (C=O) groups is 1. The van der Waals surface area contributed by atoms with Crippen molar-refractivity contribution in [2.45, 2.75) is 32.4 Å². The number of cyclic esters (lactones) is 1. The van der Waals surface area contributed by atoms with Gasteiger partial charge in [-0.1, -0.05) is 12.1 Å². The number of nitrogens with one attached hydrogen (secondary N) is 2. The first-order chi connectivity index (χ1) is 8.65. The summed E-state index contributed by atoms with van der Waals surface area (Å²) >= 11 is 0. The fourth-order valence-corrected chi connectivity index (χ4v) is 2.55. The third-order valence-electron chi connectivity index (χ3n) is 3.36. The molecule has 0 radical (unpaired) electrons. The Morgan fingerprint density at radius 2 is 1.94 bits per heavy atom. The van der Waals surface area contributed by atoms with Crippen molar-refractivity contribution < 1.29 is 9.53 Å². The Labute approximate surface area is 106 Å². The van der Waals surface area contributed by atoms with Crippen LogP contribution in [0.15, 0.2) is 35.5 Å². The molecule has 0 saturated carbocycles. The smallest absolute Gasteiger partial charge is 0.338 e. The molecule has 2 atom stereocenters. The van der Waals surface area contributed by atoms with Gasteiger partial charge in [0, 0.05) is 12.1 Å². The van der Waals surface area contributed by atoms with Gasteiger partial charge in [0.15, 0.2) is 0 Å². The summed E-state index contributed by atoms with van der Waals surface area (Å²) in [6.07, 6.45) is 0.669. The Morgan fingerprint density at radius 3 is 2.72 bits per heavy atom. The predicted molar refractivity (Wildman–Crippen MR) is 70.3 cm³/mol. The first kappa shape index (κ1) is 11.1. The lowest BCUT2D eigenvalue weighted by Gasteiger charge is -2.26. The van der Waals surface area contributed by atoms with E-state index in [2.05, 4.69) is 10.6 Å². The van der Waals surface area contributed by atoms with Crippen LogP contribution in [0.3, 0.4) is 0 Å². The highest BCUT2D eigenvalue weighted by atomic mass is 16.5. The fraction of sp³-hybridized carbons (Fsp3) is 0.357. The monoisotopic (exact) mass is 244 g/mol. The zero-order valence-electron chi connectivity index (χ0n) is 10.5. The van der Waals surface area contributed by atoms with Crippen molar-refractivity contribution in [2.75, 3.05) is 10.6 Å². The van der Waals surface area contributed by atoms with Gasteiger partial charge in [0.05, 0.1) is 23.0 Å². The van der Waals surface area contributed by atoms with Crippen molar-refractivity contribution in [1.82, 2.24) is 0 Å². The Hall–Kier alpha value is -1.97. The van der Waals surface area contributed by atoms with E-state index in [1.807, 2.05) is 38.1 Å².